The van der Waals surface area contributed by atoms with Crippen LogP contribution in [0.15, 0.2) is 24.3 Å². The third-order valence-electron chi connectivity index (χ3n) is 2.40. The maximum atomic E-state index is 13.0. The minimum Gasteiger partial charge on any atom is -0.370 e. The number of halogens is 1. The van der Waals surface area contributed by atoms with Crippen LogP contribution in [0.1, 0.15) is 37.7 Å². The Kier molecular flexibility index (Phi) is 4.28. The van der Waals surface area contributed by atoms with Crippen LogP contribution in [0.4, 0.5) is 4.39 Å². The van der Waals surface area contributed by atoms with Gasteiger partial charge >= 0.3 is 0 Å². The van der Waals surface area contributed by atoms with Crippen LogP contribution in [-0.2, 0) is 4.79 Å². The zero-order valence-electron chi connectivity index (χ0n) is 8.87. The Hall–Kier alpha value is -1.38. The van der Waals surface area contributed by atoms with Gasteiger partial charge in [0.05, 0.1) is 0 Å². The zero-order valence-corrected chi connectivity index (χ0v) is 8.87. The first-order valence-corrected chi connectivity index (χ1v) is 5.17. The molecule has 82 valence electrons. The molecule has 1 atom stereocenters. The van der Waals surface area contributed by atoms with Gasteiger partial charge in [-0.1, -0.05) is 25.5 Å². The Bertz CT molecular complexity index is 338. The summed E-state index contributed by atoms with van der Waals surface area (Å²) in [6, 6.07) is 6.38. The van der Waals surface area contributed by atoms with Crippen LogP contribution in [0.25, 0.3) is 0 Å². The van der Waals surface area contributed by atoms with Gasteiger partial charge in [0.1, 0.15) is 5.82 Å². The van der Waals surface area contributed by atoms with E-state index in [1.165, 1.54) is 12.1 Å². The van der Waals surface area contributed by atoms with Gasteiger partial charge in [0.2, 0.25) is 5.91 Å². The van der Waals surface area contributed by atoms with Crippen molar-refractivity contribution in [3.8, 4) is 0 Å². The average Bonchev–Trinajstić information content (AvgIpc) is 2.16. The van der Waals surface area contributed by atoms with Crippen LogP contribution in [0.3, 0.4) is 0 Å². The van der Waals surface area contributed by atoms with E-state index >= 15 is 0 Å². The van der Waals surface area contributed by atoms with Gasteiger partial charge in [0, 0.05) is 6.42 Å². The molecule has 1 aromatic rings. The van der Waals surface area contributed by atoms with Crippen molar-refractivity contribution in [2.45, 2.75) is 32.1 Å². The number of carbonyl (C=O) groups is 1. The summed E-state index contributed by atoms with van der Waals surface area (Å²) in [6.07, 6.45) is 2.10. The second kappa shape index (κ2) is 5.49. The largest absolute Gasteiger partial charge is 0.370 e. The molecule has 15 heavy (non-hydrogen) atoms. The monoisotopic (exact) mass is 209 g/mol. The molecule has 0 aliphatic heterocycles. The molecule has 0 saturated heterocycles. The lowest BCUT2D eigenvalue weighted by molar-refractivity contribution is -0.118. The van der Waals surface area contributed by atoms with Crippen molar-refractivity contribution in [3.05, 3.63) is 35.6 Å². The van der Waals surface area contributed by atoms with Gasteiger partial charge in [-0.2, -0.15) is 0 Å². The van der Waals surface area contributed by atoms with E-state index in [2.05, 4.69) is 0 Å². The summed E-state index contributed by atoms with van der Waals surface area (Å²) < 4.78 is 13.0. The van der Waals surface area contributed by atoms with E-state index in [9.17, 15) is 9.18 Å². The summed E-state index contributed by atoms with van der Waals surface area (Å²) in [5.74, 6) is -0.556. The van der Waals surface area contributed by atoms with Crippen molar-refractivity contribution in [1.29, 1.82) is 0 Å². The van der Waals surface area contributed by atoms with Crippen LogP contribution in [0.5, 0.6) is 0 Å². The van der Waals surface area contributed by atoms with Gasteiger partial charge in [-0.3, -0.25) is 4.79 Å². The summed E-state index contributed by atoms with van der Waals surface area (Å²) in [4.78, 5) is 10.9. The van der Waals surface area contributed by atoms with Crippen molar-refractivity contribution in [2.24, 2.45) is 5.73 Å². The van der Waals surface area contributed by atoms with Crippen molar-refractivity contribution in [1.82, 2.24) is 0 Å². The maximum absolute atomic E-state index is 13.0. The Balaban J connectivity index is 2.83. The molecule has 1 unspecified atom stereocenters. The molecule has 0 aromatic heterocycles. The molecule has 0 fully saturated rings. The Morgan fingerprint density at radius 1 is 1.53 bits per heavy atom. The fourth-order valence-electron chi connectivity index (χ4n) is 1.74. The minimum absolute atomic E-state index is 0.0446. The van der Waals surface area contributed by atoms with Crippen LogP contribution in [-0.4, -0.2) is 5.91 Å². The molecule has 0 radical (unpaired) electrons. The molecule has 1 amide bonds. The van der Waals surface area contributed by atoms with E-state index < -0.39 is 0 Å². The molecule has 0 aliphatic rings. The summed E-state index contributed by atoms with van der Waals surface area (Å²) in [6.45, 7) is 2.04. The fraction of sp³-hybridized carbons (Fsp3) is 0.417. The Morgan fingerprint density at radius 3 is 2.80 bits per heavy atom. The van der Waals surface area contributed by atoms with Crippen LogP contribution in [0, 0.1) is 5.82 Å². The van der Waals surface area contributed by atoms with E-state index in [-0.39, 0.29) is 24.1 Å². The third-order valence-corrected chi connectivity index (χ3v) is 2.40. The van der Waals surface area contributed by atoms with Crippen molar-refractivity contribution < 1.29 is 9.18 Å². The number of primary amides is 1. The first-order valence-electron chi connectivity index (χ1n) is 5.17. The summed E-state index contributed by atoms with van der Waals surface area (Å²) in [5, 5.41) is 0. The third kappa shape index (κ3) is 3.70. The number of nitrogens with two attached hydrogens (primary N) is 1. The SMILES string of the molecule is CCCC(CC(N)=O)c1cccc(F)c1. The van der Waals surface area contributed by atoms with Gasteiger partial charge < -0.3 is 5.73 Å². The van der Waals surface area contributed by atoms with Crippen molar-refractivity contribution >= 4 is 5.91 Å². The van der Waals surface area contributed by atoms with Gasteiger partial charge in [-0.05, 0) is 30.0 Å². The van der Waals surface area contributed by atoms with E-state index in [1.807, 2.05) is 13.0 Å². The van der Waals surface area contributed by atoms with Crippen molar-refractivity contribution in [2.75, 3.05) is 0 Å². The zero-order chi connectivity index (χ0) is 11.3. The highest BCUT2D eigenvalue weighted by molar-refractivity contribution is 5.74. The molecular formula is C12H16FNO. The molecule has 2 N–H and O–H groups in total. The maximum Gasteiger partial charge on any atom is 0.218 e. The lowest BCUT2D eigenvalue weighted by Crippen LogP contribution is -2.15. The van der Waals surface area contributed by atoms with Crippen LogP contribution >= 0.6 is 0 Å². The minimum atomic E-state index is -0.335. The fourth-order valence-corrected chi connectivity index (χ4v) is 1.74. The molecule has 0 saturated carbocycles. The number of rotatable bonds is 5. The summed E-state index contributed by atoms with van der Waals surface area (Å²) >= 11 is 0. The second-order valence-corrected chi connectivity index (χ2v) is 3.71. The molecular weight excluding hydrogens is 193 g/mol. The molecule has 2 nitrogen and oxygen atoms in total. The number of carbonyl (C=O) groups excluding carboxylic acids is 1. The average molecular weight is 209 g/mol. The Labute approximate surface area is 89.3 Å². The number of hydrogen-bond acceptors (Lipinski definition) is 1. The molecule has 0 bridgehead atoms. The predicted molar refractivity (Wildman–Crippen MR) is 57.9 cm³/mol. The van der Waals surface area contributed by atoms with E-state index in [0.29, 0.717) is 0 Å². The van der Waals surface area contributed by atoms with Gasteiger partial charge in [0.15, 0.2) is 0 Å². The summed E-state index contributed by atoms with van der Waals surface area (Å²) in [5.41, 5.74) is 6.02. The van der Waals surface area contributed by atoms with E-state index in [4.69, 9.17) is 5.73 Å². The molecule has 0 spiro atoms. The van der Waals surface area contributed by atoms with Gasteiger partial charge in [-0.15, -0.1) is 0 Å². The molecule has 1 aromatic carbocycles. The standard InChI is InChI=1S/C12H16FNO/c1-2-4-9(8-12(14)15)10-5-3-6-11(13)7-10/h3,5-7,9H,2,4,8H2,1H3,(H2,14,15). The highest BCUT2D eigenvalue weighted by atomic mass is 19.1. The number of benzene rings is 1. The van der Waals surface area contributed by atoms with E-state index in [0.717, 1.165) is 18.4 Å². The number of hydrogen-bond donors (Lipinski definition) is 1. The molecule has 3 heteroatoms. The van der Waals surface area contributed by atoms with E-state index in [1.54, 1.807) is 6.07 Å². The van der Waals surface area contributed by atoms with Gasteiger partial charge in [0.25, 0.3) is 0 Å². The smallest absolute Gasteiger partial charge is 0.218 e. The molecule has 0 aliphatic carbocycles. The quantitative estimate of drug-likeness (QED) is 0.795. The number of amides is 1. The lowest BCUT2D eigenvalue weighted by atomic mass is 9.91. The normalized spacial score (nSPS) is 12.4. The molecule has 0 heterocycles. The van der Waals surface area contributed by atoms with Crippen LogP contribution in [0.2, 0.25) is 0 Å². The van der Waals surface area contributed by atoms with Crippen molar-refractivity contribution in [3.63, 3.8) is 0 Å². The summed E-state index contributed by atoms with van der Waals surface area (Å²) in [7, 11) is 0. The first-order chi connectivity index (χ1) is 7.13. The highest BCUT2D eigenvalue weighted by Crippen LogP contribution is 2.24. The topological polar surface area (TPSA) is 43.1 Å². The predicted octanol–water partition coefficient (Wildman–Crippen LogP) is 2.58. The molecule has 1 rings (SSSR count). The second-order valence-electron chi connectivity index (χ2n) is 3.71. The lowest BCUT2D eigenvalue weighted by Gasteiger charge is -2.14. The van der Waals surface area contributed by atoms with Crippen LogP contribution < -0.4 is 5.73 Å². The Morgan fingerprint density at radius 2 is 2.27 bits per heavy atom. The highest BCUT2D eigenvalue weighted by Gasteiger charge is 2.13. The van der Waals surface area contributed by atoms with Gasteiger partial charge in [-0.25, -0.2) is 4.39 Å². The first kappa shape index (κ1) is 11.7.